The Bertz CT molecular complexity index is 646. The first-order chi connectivity index (χ1) is 12.3. The second-order valence-corrected chi connectivity index (χ2v) is 6.97. The smallest absolute Gasteiger partial charge is 0.375 e. The van der Waals surface area contributed by atoms with Crippen molar-refractivity contribution in [1.82, 2.24) is 14.7 Å². The number of carbonyl (C=O) groups excluding carboxylic acids is 1. The van der Waals surface area contributed by atoms with Crippen molar-refractivity contribution in [2.75, 3.05) is 25.6 Å². The van der Waals surface area contributed by atoms with Crippen molar-refractivity contribution in [3.8, 4) is 0 Å². The fraction of sp³-hybridized carbons (Fsp3) is 0.765. The van der Waals surface area contributed by atoms with Gasteiger partial charge in [-0.3, -0.25) is 4.79 Å². The zero-order chi connectivity index (χ0) is 18.9. The van der Waals surface area contributed by atoms with Crippen molar-refractivity contribution < 1.29 is 22.7 Å². The van der Waals surface area contributed by atoms with Gasteiger partial charge in [0.1, 0.15) is 12.4 Å². The number of rotatable bonds is 4. The van der Waals surface area contributed by atoms with E-state index in [4.69, 9.17) is 4.74 Å². The highest BCUT2D eigenvalue weighted by atomic mass is 19.4. The summed E-state index contributed by atoms with van der Waals surface area (Å²) in [6, 6.07) is -0.510. The lowest BCUT2D eigenvalue weighted by atomic mass is 9.99. The van der Waals surface area contributed by atoms with E-state index in [0.717, 1.165) is 17.5 Å². The molecule has 2 aliphatic rings. The van der Waals surface area contributed by atoms with Crippen molar-refractivity contribution in [3.05, 3.63) is 11.8 Å². The van der Waals surface area contributed by atoms with Gasteiger partial charge in [0, 0.05) is 25.8 Å². The number of methoxy groups -OCH3 is 1. The van der Waals surface area contributed by atoms with E-state index < -0.39 is 12.2 Å². The van der Waals surface area contributed by atoms with E-state index in [9.17, 15) is 18.0 Å². The molecule has 0 saturated carbocycles. The van der Waals surface area contributed by atoms with Crippen LogP contribution in [-0.2, 0) is 9.53 Å². The Labute approximate surface area is 150 Å². The molecule has 9 heteroatoms. The van der Waals surface area contributed by atoms with E-state index in [1.54, 1.807) is 11.0 Å². The van der Waals surface area contributed by atoms with E-state index in [1.165, 1.54) is 7.11 Å². The van der Waals surface area contributed by atoms with Crippen LogP contribution in [0.5, 0.6) is 0 Å². The summed E-state index contributed by atoms with van der Waals surface area (Å²) < 4.78 is 46.5. The molecular formula is C17H25F3N4O2. The maximum Gasteiger partial charge on any atom is 0.410 e. The lowest BCUT2D eigenvalue weighted by Crippen LogP contribution is -2.41. The van der Waals surface area contributed by atoms with Gasteiger partial charge in [-0.15, -0.1) is 0 Å². The van der Waals surface area contributed by atoms with E-state index in [0.29, 0.717) is 30.9 Å². The van der Waals surface area contributed by atoms with Crippen LogP contribution in [0, 0.1) is 0 Å². The topological polar surface area (TPSA) is 59.4 Å². The van der Waals surface area contributed by atoms with Gasteiger partial charge in [-0.2, -0.15) is 18.3 Å². The molecule has 1 aromatic rings. The molecule has 0 unspecified atom stereocenters. The molecule has 3 atom stereocenters. The summed E-state index contributed by atoms with van der Waals surface area (Å²) in [6.45, 7) is 2.40. The Morgan fingerprint density at radius 3 is 2.85 bits per heavy atom. The van der Waals surface area contributed by atoms with Crippen molar-refractivity contribution >= 4 is 11.7 Å². The SMILES string of the molecule is CC[C@@H]1C[C@H](C(F)(F)F)n2nc([C@@H]3CCCCN3C(=O)COC)cc2N1. The number of piperidine rings is 1. The quantitative estimate of drug-likeness (QED) is 0.879. The summed E-state index contributed by atoms with van der Waals surface area (Å²) in [5.74, 6) is 0.222. The Morgan fingerprint density at radius 1 is 1.42 bits per heavy atom. The maximum absolute atomic E-state index is 13.5. The van der Waals surface area contributed by atoms with E-state index in [1.807, 2.05) is 6.92 Å². The van der Waals surface area contributed by atoms with Crippen LogP contribution in [0.3, 0.4) is 0 Å². The van der Waals surface area contributed by atoms with Gasteiger partial charge in [0.15, 0.2) is 6.04 Å². The molecule has 1 aromatic heterocycles. The van der Waals surface area contributed by atoms with Gasteiger partial charge >= 0.3 is 6.18 Å². The van der Waals surface area contributed by atoms with E-state index >= 15 is 0 Å². The number of amides is 1. The lowest BCUT2D eigenvalue weighted by molar-refractivity contribution is -0.173. The third kappa shape index (κ3) is 3.67. The predicted octanol–water partition coefficient (Wildman–Crippen LogP) is 3.28. The lowest BCUT2D eigenvalue weighted by Gasteiger charge is -2.34. The fourth-order valence-electron chi connectivity index (χ4n) is 3.84. The number of nitrogens with one attached hydrogen (secondary N) is 1. The van der Waals surface area contributed by atoms with Crippen LogP contribution in [-0.4, -0.2) is 53.1 Å². The number of anilines is 1. The second kappa shape index (κ2) is 7.46. The van der Waals surface area contributed by atoms with Crippen LogP contribution in [0.2, 0.25) is 0 Å². The van der Waals surface area contributed by atoms with Gasteiger partial charge < -0.3 is 15.0 Å². The van der Waals surface area contributed by atoms with Crippen molar-refractivity contribution in [2.45, 2.75) is 63.3 Å². The van der Waals surface area contributed by atoms with Crippen LogP contribution < -0.4 is 5.32 Å². The van der Waals surface area contributed by atoms with Gasteiger partial charge in [-0.05, 0) is 32.1 Å². The Balaban J connectivity index is 1.92. The maximum atomic E-state index is 13.5. The van der Waals surface area contributed by atoms with Crippen LogP contribution in [0.4, 0.5) is 19.0 Å². The molecule has 1 amide bonds. The zero-order valence-corrected chi connectivity index (χ0v) is 15.1. The first-order valence-corrected chi connectivity index (χ1v) is 9.06. The molecule has 2 aliphatic heterocycles. The molecule has 6 nitrogen and oxygen atoms in total. The number of hydrogen-bond acceptors (Lipinski definition) is 4. The number of halogens is 3. The molecule has 0 spiro atoms. The van der Waals surface area contributed by atoms with Gasteiger partial charge in [0.05, 0.1) is 11.7 Å². The summed E-state index contributed by atoms with van der Waals surface area (Å²) in [5, 5.41) is 7.43. The first kappa shape index (κ1) is 19.0. The standard InChI is InChI=1S/C17H25F3N4O2/c1-3-11-8-14(17(18,19)20)24-15(21-11)9-12(22-24)13-6-4-5-7-23(13)16(25)10-26-2/h9,11,13-14,21H,3-8,10H2,1-2H3/t11-,13+,14-/m1/s1. The van der Waals surface area contributed by atoms with Gasteiger partial charge in [-0.25, -0.2) is 4.68 Å². The van der Waals surface area contributed by atoms with E-state index in [-0.39, 0.29) is 31.0 Å². The highest BCUT2D eigenvalue weighted by Gasteiger charge is 2.46. The summed E-state index contributed by atoms with van der Waals surface area (Å²) >= 11 is 0. The molecule has 3 rings (SSSR count). The average Bonchev–Trinajstić information content (AvgIpc) is 3.03. The van der Waals surface area contributed by atoms with E-state index in [2.05, 4.69) is 10.4 Å². The third-order valence-electron chi connectivity index (χ3n) is 5.21. The molecule has 0 bridgehead atoms. The van der Waals surface area contributed by atoms with Crippen LogP contribution >= 0.6 is 0 Å². The number of likely N-dealkylation sites (tertiary alicyclic amines) is 1. The molecule has 1 saturated heterocycles. The number of hydrogen-bond donors (Lipinski definition) is 1. The number of alkyl halides is 3. The normalized spacial score (nSPS) is 26.3. The summed E-state index contributed by atoms with van der Waals surface area (Å²) in [7, 11) is 1.45. The van der Waals surface area contributed by atoms with Crippen LogP contribution in [0.15, 0.2) is 6.07 Å². The fourth-order valence-corrected chi connectivity index (χ4v) is 3.84. The van der Waals surface area contributed by atoms with Crippen molar-refractivity contribution in [2.24, 2.45) is 0 Å². The second-order valence-electron chi connectivity index (χ2n) is 6.97. The Hall–Kier alpha value is -1.77. The highest BCUT2D eigenvalue weighted by molar-refractivity contribution is 5.78. The number of fused-ring (bicyclic) bond motifs is 1. The van der Waals surface area contributed by atoms with Gasteiger partial charge in [0.25, 0.3) is 0 Å². The molecule has 0 radical (unpaired) electrons. The first-order valence-electron chi connectivity index (χ1n) is 9.06. The minimum atomic E-state index is -4.36. The number of nitrogens with zero attached hydrogens (tertiary/aromatic N) is 3. The number of carbonyl (C=O) groups is 1. The third-order valence-corrected chi connectivity index (χ3v) is 5.21. The van der Waals surface area contributed by atoms with Crippen LogP contribution in [0.1, 0.15) is 56.8 Å². The minimum Gasteiger partial charge on any atom is -0.375 e. The molecule has 146 valence electrons. The molecule has 1 N–H and O–H groups in total. The average molecular weight is 374 g/mol. The molecular weight excluding hydrogens is 349 g/mol. The molecule has 1 fully saturated rings. The Kier molecular flexibility index (Phi) is 5.45. The number of ether oxygens (including phenoxy) is 1. The number of aromatic nitrogens is 2. The summed E-state index contributed by atoms with van der Waals surface area (Å²) in [5.41, 5.74) is 0.516. The van der Waals surface area contributed by atoms with Crippen molar-refractivity contribution in [1.29, 1.82) is 0 Å². The molecule has 3 heterocycles. The predicted molar refractivity (Wildman–Crippen MR) is 89.8 cm³/mol. The van der Waals surface area contributed by atoms with Crippen molar-refractivity contribution in [3.63, 3.8) is 0 Å². The monoisotopic (exact) mass is 374 g/mol. The zero-order valence-electron chi connectivity index (χ0n) is 15.1. The minimum absolute atomic E-state index is 0.0363. The Morgan fingerprint density at radius 2 is 2.19 bits per heavy atom. The largest absolute Gasteiger partial charge is 0.410 e. The molecule has 26 heavy (non-hydrogen) atoms. The summed E-state index contributed by atoms with van der Waals surface area (Å²) in [6.07, 6.45) is -1.30. The highest BCUT2D eigenvalue weighted by Crippen LogP contribution is 2.41. The van der Waals surface area contributed by atoms with Crippen LogP contribution in [0.25, 0.3) is 0 Å². The molecule has 0 aliphatic carbocycles. The molecule has 0 aromatic carbocycles. The van der Waals surface area contributed by atoms with Gasteiger partial charge in [-0.1, -0.05) is 6.92 Å². The summed E-state index contributed by atoms with van der Waals surface area (Å²) in [4.78, 5) is 14.0. The van der Waals surface area contributed by atoms with Gasteiger partial charge in [0.2, 0.25) is 5.91 Å².